The molecule has 0 atom stereocenters. The fourth-order valence-corrected chi connectivity index (χ4v) is 3.49. The lowest BCUT2D eigenvalue weighted by molar-refractivity contribution is -0.132. The molecule has 2 aromatic carbocycles. The summed E-state index contributed by atoms with van der Waals surface area (Å²) in [4.78, 5) is 40.1. The van der Waals surface area contributed by atoms with Gasteiger partial charge in [-0.3, -0.25) is 14.4 Å². The van der Waals surface area contributed by atoms with E-state index < -0.39 is 5.97 Å². The molecule has 0 aromatic heterocycles. The molecule has 156 valence electrons. The number of ether oxygens (including phenoxy) is 1. The van der Waals surface area contributed by atoms with Crippen LogP contribution in [0.4, 0.5) is 0 Å². The molecule has 1 fully saturated rings. The van der Waals surface area contributed by atoms with Crippen LogP contribution < -0.4 is 4.74 Å². The molecule has 0 unspecified atom stereocenters. The van der Waals surface area contributed by atoms with Crippen molar-refractivity contribution in [2.75, 3.05) is 26.2 Å². The van der Waals surface area contributed by atoms with Gasteiger partial charge in [0.1, 0.15) is 5.75 Å². The van der Waals surface area contributed by atoms with Crippen molar-refractivity contribution in [3.63, 3.8) is 0 Å². The van der Waals surface area contributed by atoms with Crippen LogP contribution in [0.5, 0.6) is 5.75 Å². The summed E-state index contributed by atoms with van der Waals surface area (Å²) in [6.07, 6.45) is 4.07. The fraction of sp³-hybridized carbons (Fsp3) is 0.261. The molecule has 0 saturated carbocycles. The highest BCUT2D eigenvalue weighted by molar-refractivity contribution is 9.10. The van der Waals surface area contributed by atoms with Gasteiger partial charge in [-0.05, 0) is 48.4 Å². The second-order valence-electron chi connectivity index (χ2n) is 6.98. The molecule has 0 N–H and O–H groups in total. The lowest BCUT2D eigenvalue weighted by atomic mass is 10.2. The molecule has 6 nitrogen and oxygen atoms in total. The summed E-state index contributed by atoms with van der Waals surface area (Å²) >= 11 is 3.39. The van der Waals surface area contributed by atoms with Crippen molar-refractivity contribution >= 4 is 39.8 Å². The fourth-order valence-electron chi connectivity index (χ4n) is 3.23. The standard InChI is InChI=1S/C23H23BrN2O4/c1-17(27)30-21-5-2-4-19(16-21)23(29)26-13-3-12-25(14-15-26)22(28)11-8-18-6-9-20(24)10-7-18/h2,4-11,16H,3,12-15H2,1H3/b11-8+. The molecule has 2 amide bonds. The number of hydrogen-bond acceptors (Lipinski definition) is 4. The average molecular weight is 471 g/mol. The molecule has 2 aromatic rings. The van der Waals surface area contributed by atoms with Gasteiger partial charge in [-0.15, -0.1) is 0 Å². The van der Waals surface area contributed by atoms with Crippen molar-refractivity contribution in [3.8, 4) is 5.75 Å². The van der Waals surface area contributed by atoms with E-state index in [1.165, 1.54) is 6.92 Å². The zero-order valence-electron chi connectivity index (χ0n) is 16.7. The van der Waals surface area contributed by atoms with Gasteiger partial charge in [0.15, 0.2) is 0 Å². The Morgan fingerprint density at radius 3 is 2.40 bits per heavy atom. The number of esters is 1. The SMILES string of the molecule is CC(=O)Oc1cccc(C(=O)N2CCCN(C(=O)/C=C/c3ccc(Br)cc3)CC2)c1. The van der Waals surface area contributed by atoms with Gasteiger partial charge in [0.25, 0.3) is 5.91 Å². The Labute approximate surface area is 184 Å². The van der Waals surface area contributed by atoms with Crippen molar-refractivity contribution in [3.05, 3.63) is 70.2 Å². The lowest BCUT2D eigenvalue weighted by Gasteiger charge is -2.21. The van der Waals surface area contributed by atoms with E-state index in [-0.39, 0.29) is 11.8 Å². The molecule has 7 heteroatoms. The Kier molecular flexibility index (Phi) is 7.41. The van der Waals surface area contributed by atoms with E-state index in [1.807, 2.05) is 24.3 Å². The molecule has 1 aliphatic rings. The van der Waals surface area contributed by atoms with Gasteiger partial charge in [-0.1, -0.05) is 34.1 Å². The average Bonchev–Trinajstić information content (AvgIpc) is 2.99. The number of amides is 2. The zero-order valence-corrected chi connectivity index (χ0v) is 18.3. The van der Waals surface area contributed by atoms with Gasteiger partial charge >= 0.3 is 5.97 Å². The van der Waals surface area contributed by atoms with Crippen molar-refractivity contribution in [2.24, 2.45) is 0 Å². The summed E-state index contributed by atoms with van der Waals surface area (Å²) in [5.74, 6) is -0.287. The molecule has 30 heavy (non-hydrogen) atoms. The Bertz CT molecular complexity index is 956. The molecule has 0 radical (unpaired) electrons. The van der Waals surface area contributed by atoms with Gasteiger partial charge in [-0.25, -0.2) is 0 Å². The minimum absolute atomic E-state index is 0.0657. The first-order chi connectivity index (χ1) is 14.4. The largest absolute Gasteiger partial charge is 0.427 e. The Balaban J connectivity index is 1.60. The summed E-state index contributed by atoms with van der Waals surface area (Å²) in [5, 5.41) is 0. The maximum Gasteiger partial charge on any atom is 0.308 e. The minimum atomic E-state index is -0.431. The van der Waals surface area contributed by atoms with E-state index in [1.54, 1.807) is 46.2 Å². The lowest BCUT2D eigenvalue weighted by Crippen LogP contribution is -2.36. The molecule has 0 bridgehead atoms. The highest BCUT2D eigenvalue weighted by atomic mass is 79.9. The summed E-state index contributed by atoms with van der Waals surface area (Å²) in [5.41, 5.74) is 1.41. The smallest absolute Gasteiger partial charge is 0.308 e. The van der Waals surface area contributed by atoms with Crippen LogP contribution in [-0.4, -0.2) is 53.8 Å². The number of nitrogens with zero attached hydrogens (tertiary/aromatic N) is 2. The van der Waals surface area contributed by atoms with Crippen molar-refractivity contribution in [1.29, 1.82) is 0 Å². The predicted octanol–water partition coefficient (Wildman–Crippen LogP) is 3.76. The highest BCUT2D eigenvalue weighted by Gasteiger charge is 2.22. The van der Waals surface area contributed by atoms with E-state index in [2.05, 4.69) is 15.9 Å². The van der Waals surface area contributed by atoms with Crippen LogP contribution >= 0.6 is 15.9 Å². The van der Waals surface area contributed by atoms with Crippen LogP contribution in [0.2, 0.25) is 0 Å². The van der Waals surface area contributed by atoms with Crippen LogP contribution in [0.3, 0.4) is 0 Å². The van der Waals surface area contributed by atoms with Gasteiger partial charge in [-0.2, -0.15) is 0 Å². The van der Waals surface area contributed by atoms with E-state index in [9.17, 15) is 14.4 Å². The Hall–Kier alpha value is -2.93. The monoisotopic (exact) mass is 470 g/mol. The first-order valence-corrected chi connectivity index (χ1v) is 10.5. The topological polar surface area (TPSA) is 66.9 Å². The second-order valence-corrected chi connectivity index (χ2v) is 7.89. The van der Waals surface area contributed by atoms with Gasteiger partial charge in [0.2, 0.25) is 5.91 Å². The molecule has 1 heterocycles. The minimum Gasteiger partial charge on any atom is -0.427 e. The van der Waals surface area contributed by atoms with Crippen molar-refractivity contribution in [1.82, 2.24) is 9.80 Å². The number of halogens is 1. The molecular formula is C23H23BrN2O4. The third-order valence-corrected chi connectivity index (χ3v) is 5.25. The number of carbonyl (C=O) groups excluding carboxylic acids is 3. The molecule has 0 aliphatic carbocycles. The maximum absolute atomic E-state index is 12.9. The zero-order chi connectivity index (χ0) is 21.5. The highest BCUT2D eigenvalue weighted by Crippen LogP contribution is 2.17. The number of carbonyl (C=O) groups is 3. The normalized spacial score (nSPS) is 14.5. The van der Waals surface area contributed by atoms with Crippen molar-refractivity contribution in [2.45, 2.75) is 13.3 Å². The Morgan fingerprint density at radius 2 is 1.67 bits per heavy atom. The molecule has 0 spiro atoms. The quantitative estimate of drug-likeness (QED) is 0.387. The number of hydrogen-bond donors (Lipinski definition) is 0. The van der Waals surface area contributed by atoms with Crippen LogP contribution in [0.25, 0.3) is 6.08 Å². The maximum atomic E-state index is 12.9. The van der Waals surface area contributed by atoms with Gasteiger partial charge < -0.3 is 14.5 Å². The van der Waals surface area contributed by atoms with Crippen LogP contribution in [0.15, 0.2) is 59.1 Å². The number of rotatable bonds is 4. The summed E-state index contributed by atoms with van der Waals surface area (Å²) in [7, 11) is 0. The van der Waals surface area contributed by atoms with Gasteiger partial charge in [0, 0.05) is 49.2 Å². The second kappa shape index (κ2) is 10.2. The van der Waals surface area contributed by atoms with Gasteiger partial charge in [0.05, 0.1) is 0 Å². The molecule has 1 saturated heterocycles. The number of benzene rings is 2. The van der Waals surface area contributed by atoms with Crippen LogP contribution in [0, 0.1) is 0 Å². The molecule has 3 rings (SSSR count). The predicted molar refractivity (Wildman–Crippen MR) is 118 cm³/mol. The summed E-state index contributed by atoms with van der Waals surface area (Å²) in [6.45, 7) is 3.41. The first kappa shape index (κ1) is 21.8. The molecule has 1 aliphatic heterocycles. The summed E-state index contributed by atoms with van der Waals surface area (Å²) in [6, 6.07) is 14.3. The molecular weight excluding hydrogens is 448 g/mol. The van der Waals surface area contributed by atoms with Crippen LogP contribution in [0.1, 0.15) is 29.3 Å². The first-order valence-electron chi connectivity index (χ1n) is 9.73. The third-order valence-electron chi connectivity index (χ3n) is 4.73. The van der Waals surface area contributed by atoms with Crippen molar-refractivity contribution < 1.29 is 19.1 Å². The van der Waals surface area contributed by atoms with E-state index in [4.69, 9.17) is 4.74 Å². The van der Waals surface area contributed by atoms with Crippen LogP contribution in [-0.2, 0) is 9.59 Å². The summed E-state index contributed by atoms with van der Waals surface area (Å²) < 4.78 is 6.05. The van der Waals surface area contributed by atoms with E-state index >= 15 is 0 Å². The van der Waals surface area contributed by atoms with E-state index in [0.717, 1.165) is 10.0 Å². The van der Waals surface area contributed by atoms with E-state index in [0.29, 0.717) is 43.9 Å². The Morgan fingerprint density at radius 1 is 0.967 bits per heavy atom. The third kappa shape index (κ3) is 6.03.